The van der Waals surface area contributed by atoms with Gasteiger partial charge < -0.3 is 4.74 Å². The molecule has 0 aromatic heterocycles. The largest absolute Gasteiger partial charge is 0.328 e. The number of hydrazine groups is 1. The molecule has 0 bridgehead atoms. The van der Waals surface area contributed by atoms with E-state index in [0.29, 0.717) is 0 Å². The lowest BCUT2D eigenvalue weighted by Crippen LogP contribution is -2.49. The van der Waals surface area contributed by atoms with Crippen LogP contribution in [0.5, 0.6) is 0 Å². The minimum atomic E-state index is -0.835. The van der Waals surface area contributed by atoms with Gasteiger partial charge in [0.25, 0.3) is 0 Å². The van der Waals surface area contributed by atoms with E-state index in [1.54, 1.807) is 13.8 Å². The second-order valence-electron chi connectivity index (χ2n) is 4.35. The molecule has 19 heavy (non-hydrogen) atoms. The van der Waals surface area contributed by atoms with Crippen LogP contribution in [0.1, 0.15) is 26.7 Å². The molecule has 0 aromatic carbocycles. The molecule has 2 amide bonds. The van der Waals surface area contributed by atoms with E-state index in [-0.39, 0.29) is 38.1 Å². The fourth-order valence-electron chi connectivity index (χ4n) is 2.35. The number of rotatable bonds is 3. The van der Waals surface area contributed by atoms with E-state index in [2.05, 4.69) is 0 Å². The minimum Gasteiger partial charge on any atom is -0.328 e. The molecule has 2 aliphatic heterocycles. The predicted octanol–water partition coefficient (Wildman–Crippen LogP) is -0.432. The van der Waals surface area contributed by atoms with Gasteiger partial charge in [-0.2, -0.15) is 0 Å². The van der Waals surface area contributed by atoms with Gasteiger partial charge in [-0.25, -0.2) is 10.1 Å². The third-order valence-corrected chi connectivity index (χ3v) is 3.32. The van der Waals surface area contributed by atoms with Crippen molar-refractivity contribution in [3.8, 4) is 0 Å². The Balaban J connectivity index is 2.28. The highest BCUT2D eigenvalue weighted by atomic mass is 16.7. The SMILES string of the molecule is CCC(=O)N1CN(C(=O)CC)[C@@H]2[C@H]1OCN2[N+](=O)[O-]. The van der Waals surface area contributed by atoms with Crippen LogP contribution in [0.15, 0.2) is 0 Å². The van der Waals surface area contributed by atoms with Crippen molar-refractivity contribution in [1.29, 1.82) is 0 Å². The maximum Gasteiger partial charge on any atom is 0.225 e. The Morgan fingerprint density at radius 2 is 1.84 bits per heavy atom. The molecule has 2 rings (SSSR count). The number of hydrogen-bond acceptors (Lipinski definition) is 5. The van der Waals surface area contributed by atoms with Crippen LogP contribution in [0.2, 0.25) is 0 Å². The summed E-state index contributed by atoms with van der Waals surface area (Å²) in [5.41, 5.74) is 0. The lowest BCUT2D eigenvalue weighted by molar-refractivity contribution is -0.666. The molecular weight excluding hydrogens is 256 g/mol. The topological polar surface area (TPSA) is 96.2 Å². The van der Waals surface area contributed by atoms with Crippen molar-refractivity contribution in [3.63, 3.8) is 0 Å². The van der Waals surface area contributed by atoms with E-state index < -0.39 is 17.4 Å². The summed E-state index contributed by atoms with van der Waals surface area (Å²) in [5.74, 6) is -0.426. The molecule has 0 saturated carbocycles. The van der Waals surface area contributed by atoms with Crippen molar-refractivity contribution in [3.05, 3.63) is 10.1 Å². The highest BCUT2D eigenvalue weighted by Crippen LogP contribution is 2.31. The van der Waals surface area contributed by atoms with Crippen LogP contribution in [0.4, 0.5) is 0 Å². The number of nitro groups is 1. The van der Waals surface area contributed by atoms with Crippen LogP contribution in [0.25, 0.3) is 0 Å². The fraction of sp³-hybridized carbons (Fsp3) is 0.800. The Morgan fingerprint density at radius 1 is 1.26 bits per heavy atom. The summed E-state index contributed by atoms with van der Waals surface area (Å²) in [5, 5.41) is 11.2. The molecule has 2 heterocycles. The quantitative estimate of drug-likeness (QED) is 0.511. The molecule has 9 nitrogen and oxygen atoms in total. The predicted molar refractivity (Wildman–Crippen MR) is 61.5 cm³/mol. The molecule has 0 radical (unpaired) electrons. The van der Waals surface area contributed by atoms with Crippen LogP contribution in [0, 0.1) is 10.1 Å². The van der Waals surface area contributed by atoms with Crippen molar-refractivity contribution < 1.29 is 19.4 Å². The number of nitrogens with zero attached hydrogens (tertiary/aromatic N) is 4. The van der Waals surface area contributed by atoms with Crippen molar-refractivity contribution >= 4 is 11.8 Å². The van der Waals surface area contributed by atoms with Gasteiger partial charge in [-0.1, -0.05) is 18.9 Å². The zero-order chi connectivity index (χ0) is 14.2. The summed E-state index contributed by atoms with van der Waals surface area (Å²) < 4.78 is 5.31. The Bertz CT molecular complexity index is 415. The van der Waals surface area contributed by atoms with E-state index in [0.717, 1.165) is 5.01 Å². The van der Waals surface area contributed by atoms with Crippen LogP contribution in [0.3, 0.4) is 0 Å². The number of amides is 2. The maximum absolute atomic E-state index is 11.9. The van der Waals surface area contributed by atoms with E-state index in [1.807, 2.05) is 0 Å². The lowest BCUT2D eigenvalue weighted by atomic mass is 10.3. The van der Waals surface area contributed by atoms with Gasteiger partial charge in [0.1, 0.15) is 6.67 Å². The molecule has 2 fully saturated rings. The zero-order valence-electron chi connectivity index (χ0n) is 10.8. The molecule has 0 aromatic rings. The summed E-state index contributed by atoms with van der Waals surface area (Å²) in [6.45, 7) is 3.18. The van der Waals surface area contributed by atoms with Gasteiger partial charge in [-0.3, -0.25) is 19.4 Å². The van der Waals surface area contributed by atoms with Gasteiger partial charge in [-0.15, -0.1) is 0 Å². The van der Waals surface area contributed by atoms with E-state index in [4.69, 9.17) is 4.74 Å². The number of carbonyl (C=O) groups is 2. The molecule has 9 heteroatoms. The van der Waals surface area contributed by atoms with Gasteiger partial charge in [0.15, 0.2) is 18.0 Å². The van der Waals surface area contributed by atoms with Gasteiger partial charge in [0, 0.05) is 12.8 Å². The Morgan fingerprint density at radius 3 is 2.37 bits per heavy atom. The first-order valence-corrected chi connectivity index (χ1v) is 6.12. The van der Waals surface area contributed by atoms with Gasteiger partial charge in [0.05, 0.1) is 0 Å². The lowest BCUT2D eigenvalue weighted by Gasteiger charge is -2.23. The first-order chi connectivity index (χ1) is 9.01. The normalized spacial score (nSPS) is 25.7. The Hall–Kier alpha value is -1.90. The van der Waals surface area contributed by atoms with Gasteiger partial charge in [-0.05, 0) is 0 Å². The van der Waals surface area contributed by atoms with E-state index in [1.165, 1.54) is 9.80 Å². The number of carbonyl (C=O) groups excluding carboxylic acids is 2. The molecule has 0 unspecified atom stereocenters. The average molecular weight is 272 g/mol. The van der Waals surface area contributed by atoms with Crippen molar-refractivity contribution in [2.75, 3.05) is 13.4 Å². The van der Waals surface area contributed by atoms with Gasteiger partial charge >= 0.3 is 0 Å². The summed E-state index contributed by atoms with van der Waals surface area (Å²) in [7, 11) is 0. The fourth-order valence-corrected chi connectivity index (χ4v) is 2.35. The molecule has 106 valence electrons. The summed E-state index contributed by atoms with van der Waals surface area (Å²) in [6.07, 6.45) is -1.10. The zero-order valence-corrected chi connectivity index (χ0v) is 10.8. The van der Waals surface area contributed by atoms with E-state index in [9.17, 15) is 19.7 Å². The van der Waals surface area contributed by atoms with Gasteiger partial charge in [0.2, 0.25) is 18.0 Å². The number of fused-ring (bicyclic) bond motifs is 1. The van der Waals surface area contributed by atoms with Crippen LogP contribution >= 0.6 is 0 Å². The van der Waals surface area contributed by atoms with Crippen molar-refractivity contribution in [2.45, 2.75) is 39.1 Å². The first-order valence-electron chi connectivity index (χ1n) is 6.12. The standard InChI is InChI=1S/C10H16N4O5/c1-3-7(15)11-5-12(8(16)4-2)10-9(11)13(6-19-10)14(17)18/h9-10H,3-6H2,1-2H3/t9-,10+/m0/s1. The van der Waals surface area contributed by atoms with Crippen molar-refractivity contribution in [2.24, 2.45) is 0 Å². The average Bonchev–Trinajstić information content (AvgIpc) is 2.96. The molecule has 0 spiro atoms. The third-order valence-electron chi connectivity index (χ3n) is 3.32. The van der Waals surface area contributed by atoms with Crippen LogP contribution in [-0.2, 0) is 14.3 Å². The first kappa shape index (κ1) is 13.5. The van der Waals surface area contributed by atoms with Crippen molar-refractivity contribution in [1.82, 2.24) is 14.8 Å². The summed E-state index contributed by atoms with van der Waals surface area (Å²) in [6, 6.07) is 0. The molecular formula is C10H16N4O5. The second kappa shape index (κ2) is 5.00. The third kappa shape index (κ3) is 2.09. The van der Waals surface area contributed by atoms with Crippen LogP contribution < -0.4 is 0 Å². The number of ether oxygens (including phenoxy) is 1. The molecule has 0 N–H and O–H groups in total. The highest BCUT2D eigenvalue weighted by molar-refractivity contribution is 5.80. The Kier molecular flexibility index (Phi) is 3.56. The molecule has 2 saturated heterocycles. The second-order valence-corrected chi connectivity index (χ2v) is 4.35. The Labute approximate surface area is 109 Å². The van der Waals surface area contributed by atoms with Crippen LogP contribution in [-0.4, -0.2) is 57.4 Å². The molecule has 2 aliphatic rings. The summed E-state index contributed by atoms with van der Waals surface area (Å²) in [4.78, 5) is 37.3. The monoisotopic (exact) mass is 272 g/mol. The molecule has 0 aliphatic carbocycles. The maximum atomic E-state index is 11.9. The molecule has 2 atom stereocenters. The minimum absolute atomic E-state index is 0.0407. The smallest absolute Gasteiger partial charge is 0.225 e. The number of hydrogen-bond donors (Lipinski definition) is 0. The highest BCUT2D eigenvalue weighted by Gasteiger charge is 2.55. The van der Waals surface area contributed by atoms with E-state index >= 15 is 0 Å². The summed E-state index contributed by atoms with van der Waals surface area (Å²) >= 11 is 0.